The van der Waals surface area contributed by atoms with E-state index in [1.165, 1.54) is 64.2 Å². The molecule has 0 aromatic heterocycles. The predicted octanol–water partition coefficient (Wildman–Crippen LogP) is 3.45. The fourth-order valence-corrected chi connectivity index (χ4v) is 2.81. The third-order valence-electron chi connectivity index (χ3n) is 4.43. The third-order valence-corrected chi connectivity index (χ3v) is 4.43. The Morgan fingerprint density at radius 3 is 1.20 bits per heavy atom. The molecule has 0 unspecified atom stereocenters. The maximum absolute atomic E-state index is 3.73. The molecule has 1 saturated heterocycles. The zero-order valence-corrected chi connectivity index (χ0v) is 17.0. The van der Waals surface area contributed by atoms with Crippen LogP contribution in [0.25, 0.3) is 0 Å². The minimum Gasteiger partial charge on any atom is -0.314 e. The van der Waals surface area contributed by atoms with Gasteiger partial charge in [0.15, 0.2) is 0 Å². The molecule has 4 N–H and O–H groups in total. The molecule has 0 saturated carbocycles. The lowest BCUT2D eigenvalue weighted by atomic mass is 10.1. The van der Waals surface area contributed by atoms with Crippen LogP contribution in [0.1, 0.15) is 71.1 Å². The second kappa shape index (κ2) is 23.6. The van der Waals surface area contributed by atoms with E-state index in [4.69, 9.17) is 0 Å². The molecule has 0 amide bonds. The first-order valence-electron chi connectivity index (χ1n) is 10.9. The van der Waals surface area contributed by atoms with Crippen molar-refractivity contribution in [3.63, 3.8) is 0 Å². The van der Waals surface area contributed by atoms with Gasteiger partial charge in [0.05, 0.1) is 0 Å². The fourth-order valence-electron chi connectivity index (χ4n) is 2.81. The van der Waals surface area contributed by atoms with Gasteiger partial charge in [-0.3, -0.25) is 0 Å². The van der Waals surface area contributed by atoms with Gasteiger partial charge in [0.1, 0.15) is 0 Å². The lowest BCUT2D eigenvalue weighted by Gasteiger charge is -2.11. The zero-order chi connectivity index (χ0) is 18.3. The van der Waals surface area contributed by atoms with Crippen molar-refractivity contribution in [3.8, 4) is 0 Å². The van der Waals surface area contributed by atoms with Crippen molar-refractivity contribution in [1.29, 1.82) is 0 Å². The van der Waals surface area contributed by atoms with Crippen LogP contribution in [0, 0.1) is 0 Å². The van der Waals surface area contributed by atoms with Gasteiger partial charge in [-0.05, 0) is 12.8 Å². The number of nitrogens with one attached hydrogen (secondary N) is 4. The van der Waals surface area contributed by atoms with Gasteiger partial charge in [-0.15, -0.1) is 6.58 Å². The van der Waals surface area contributed by atoms with E-state index < -0.39 is 0 Å². The number of hydrogen-bond donors (Lipinski definition) is 4. The van der Waals surface area contributed by atoms with Crippen LogP contribution < -0.4 is 21.3 Å². The molecular formula is C21H46N4. The molecule has 0 radical (unpaired) electrons. The summed E-state index contributed by atoms with van der Waals surface area (Å²) in [7, 11) is 0. The molecule has 4 nitrogen and oxygen atoms in total. The smallest absolute Gasteiger partial charge is 0.00772 e. The Morgan fingerprint density at radius 1 is 0.560 bits per heavy atom. The average molecular weight is 355 g/mol. The molecule has 150 valence electrons. The quantitative estimate of drug-likeness (QED) is 0.358. The average Bonchev–Trinajstić information content (AvgIpc) is 2.61. The van der Waals surface area contributed by atoms with E-state index >= 15 is 0 Å². The molecule has 0 aliphatic carbocycles. The van der Waals surface area contributed by atoms with Crippen LogP contribution >= 0.6 is 0 Å². The van der Waals surface area contributed by atoms with Gasteiger partial charge in [-0.1, -0.05) is 64.4 Å². The Kier molecular flexibility index (Phi) is 23.2. The molecule has 1 rings (SSSR count). The molecule has 0 bridgehead atoms. The highest BCUT2D eigenvalue weighted by molar-refractivity contribution is 4.65. The van der Waals surface area contributed by atoms with Gasteiger partial charge in [0, 0.05) is 52.4 Å². The van der Waals surface area contributed by atoms with E-state index in [1.54, 1.807) is 0 Å². The molecule has 4 heteroatoms. The van der Waals surface area contributed by atoms with E-state index in [0.717, 1.165) is 52.4 Å². The van der Waals surface area contributed by atoms with Gasteiger partial charge < -0.3 is 21.3 Å². The lowest BCUT2D eigenvalue weighted by molar-refractivity contribution is 0.534. The fraction of sp³-hybridized carbons (Fsp3) is 0.905. The van der Waals surface area contributed by atoms with E-state index in [-0.39, 0.29) is 0 Å². The van der Waals surface area contributed by atoms with Crippen LogP contribution in [0.15, 0.2) is 12.7 Å². The van der Waals surface area contributed by atoms with E-state index in [9.17, 15) is 0 Å². The highest BCUT2D eigenvalue weighted by Gasteiger charge is 1.92. The molecule has 0 aromatic carbocycles. The van der Waals surface area contributed by atoms with E-state index in [1.807, 2.05) is 6.08 Å². The SMILES string of the molecule is C1CNCCNCCNCCN1.C=CCCCCCCCCCCC. The Bertz CT molecular complexity index is 203. The summed E-state index contributed by atoms with van der Waals surface area (Å²) >= 11 is 0. The van der Waals surface area contributed by atoms with Gasteiger partial charge >= 0.3 is 0 Å². The van der Waals surface area contributed by atoms with E-state index in [2.05, 4.69) is 34.8 Å². The molecule has 25 heavy (non-hydrogen) atoms. The van der Waals surface area contributed by atoms with Crippen LogP contribution in [0.5, 0.6) is 0 Å². The van der Waals surface area contributed by atoms with Crippen LogP contribution in [0.3, 0.4) is 0 Å². The van der Waals surface area contributed by atoms with Crippen LogP contribution in [-0.2, 0) is 0 Å². The summed E-state index contributed by atoms with van der Waals surface area (Å²) in [5, 5.41) is 13.4. The minimum atomic E-state index is 1.07. The van der Waals surface area contributed by atoms with Crippen molar-refractivity contribution in [3.05, 3.63) is 12.7 Å². The Morgan fingerprint density at radius 2 is 0.880 bits per heavy atom. The first-order valence-corrected chi connectivity index (χ1v) is 10.9. The molecule has 1 aliphatic heterocycles. The van der Waals surface area contributed by atoms with Gasteiger partial charge in [-0.2, -0.15) is 0 Å². The second-order valence-corrected chi connectivity index (χ2v) is 6.91. The normalized spacial score (nSPS) is 16.8. The summed E-state index contributed by atoms with van der Waals surface area (Å²) in [4.78, 5) is 0. The number of hydrogen-bond acceptors (Lipinski definition) is 4. The van der Waals surface area contributed by atoms with Crippen molar-refractivity contribution in [2.45, 2.75) is 71.1 Å². The minimum absolute atomic E-state index is 1.07. The highest BCUT2D eigenvalue weighted by atomic mass is 15.0. The monoisotopic (exact) mass is 354 g/mol. The largest absolute Gasteiger partial charge is 0.314 e. The molecule has 0 aromatic rings. The lowest BCUT2D eigenvalue weighted by Crippen LogP contribution is -2.39. The molecular weight excluding hydrogens is 308 g/mol. The summed E-state index contributed by atoms with van der Waals surface area (Å²) < 4.78 is 0. The Hall–Kier alpha value is -0.420. The molecule has 0 atom stereocenters. The molecule has 1 aliphatic rings. The third kappa shape index (κ3) is 23.6. The first kappa shape index (κ1) is 24.6. The summed E-state index contributed by atoms with van der Waals surface area (Å²) in [5.74, 6) is 0. The number of allylic oxidation sites excluding steroid dienone is 1. The highest BCUT2D eigenvalue weighted by Crippen LogP contribution is 2.10. The van der Waals surface area contributed by atoms with Gasteiger partial charge in [0.25, 0.3) is 0 Å². The molecule has 1 fully saturated rings. The number of rotatable bonds is 10. The predicted molar refractivity (Wildman–Crippen MR) is 114 cm³/mol. The standard InChI is InChI=1S/C13H26.C8H20N4/c1-3-5-7-9-11-13-12-10-8-6-4-2;1-2-10-5-6-12-8-7-11-4-3-9-1/h3H,1,4-13H2,2H3;9-12H,1-8H2. The Balaban J connectivity index is 0.000000462. The summed E-state index contributed by atoms with van der Waals surface area (Å²) in [6.45, 7) is 14.6. The van der Waals surface area contributed by atoms with Crippen LogP contribution in [0.4, 0.5) is 0 Å². The van der Waals surface area contributed by atoms with Crippen molar-refractivity contribution in [2.75, 3.05) is 52.4 Å². The molecule has 0 spiro atoms. The summed E-state index contributed by atoms with van der Waals surface area (Å²) in [5.41, 5.74) is 0. The maximum Gasteiger partial charge on any atom is 0.00772 e. The van der Waals surface area contributed by atoms with Crippen molar-refractivity contribution < 1.29 is 0 Å². The second-order valence-electron chi connectivity index (χ2n) is 6.91. The van der Waals surface area contributed by atoms with E-state index in [0.29, 0.717) is 0 Å². The summed E-state index contributed by atoms with van der Waals surface area (Å²) in [6.07, 6.45) is 16.0. The Labute approximate surface area is 158 Å². The van der Waals surface area contributed by atoms with Gasteiger partial charge in [-0.25, -0.2) is 0 Å². The van der Waals surface area contributed by atoms with Crippen molar-refractivity contribution >= 4 is 0 Å². The van der Waals surface area contributed by atoms with Crippen LogP contribution in [0.2, 0.25) is 0 Å². The van der Waals surface area contributed by atoms with Crippen LogP contribution in [-0.4, -0.2) is 52.4 Å². The van der Waals surface area contributed by atoms with Crippen molar-refractivity contribution in [1.82, 2.24) is 21.3 Å². The topological polar surface area (TPSA) is 48.1 Å². The van der Waals surface area contributed by atoms with Crippen molar-refractivity contribution in [2.24, 2.45) is 0 Å². The first-order chi connectivity index (χ1) is 12.4. The molecule has 1 heterocycles. The number of unbranched alkanes of at least 4 members (excludes halogenated alkanes) is 9. The maximum atomic E-state index is 3.73. The van der Waals surface area contributed by atoms with Gasteiger partial charge in [0.2, 0.25) is 0 Å². The summed E-state index contributed by atoms with van der Waals surface area (Å²) in [6, 6.07) is 0. The zero-order valence-electron chi connectivity index (χ0n) is 17.0.